The molecule has 1 atom stereocenters. The van der Waals surface area contributed by atoms with Crippen LogP contribution in [0.3, 0.4) is 0 Å². The van der Waals surface area contributed by atoms with E-state index in [-0.39, 0.29) is 0 Å². The summed E-state index contributed by atoms with van der Waals surface area (Å²) >= 11 is 0. The summed E-state index contributed by atoms with van der Waals surface area (Å²) in [7, 11) is 0. The maximum atomic E-state index is 2.40. The molecule has 7 rings (SSSR count). The van der Waals surface area contributed by atoms with Crippen molar-refractivity contribution in [3.8, 4) is 33.4 Å². The molecule has 0 amide bonds. The van der Waals surface area contributed by atoms with Crippen molar-refractivity contribution >= 4 is 37.9 Å². The summed E-state index contributed by atoms with van der Waals surface area (Å²) in [4.78, 5) is 0. The molecule has 0 aliphatic heterocycles. The topological polar surface area (TPSA) is 0 Å². The van der Waals surface area contributed by atoms with Crippen LogP contribution in [0, 0.1) is 12.8 Å². The number of rotatable bonds is 7. The van der Waals surface area contributed by atoms with Crippen LogP contribution >= 0.6 is 0 Å². The third-order valence-electron chi connectivity index (χ3n) is 10.1. The monoisotopic (exact) mass is 606 g/mol. The lowest BCUT2D eigenvalue weighted by Crippen LogP contribution is -1.98. The quantitative estimate of drug-likeness (QED) is 0.125. The van der Waals surface area contributed by atoms with Crippen molar-refractivity contribution in [1.82, 2.24) is 0 Å². The summed E-state index contributed by atoms with van der Waals surface area (Å²) in [6.07, 6.45) is 5.58. The summed E-state index contributed by atoms with van der Waals surface area (Å²) in [5.74, 6) is 0.526. The summed E-state index contributed by atoms with van der Waals surface area (Å²) < 4.78 is 0. The second-order valence-electron chi connectivity index (χ2n) is 12.9. The van der Waals surface area contributed by atoms with Crippen molar-refractivity contribution in [1.29, 1.82) is 0 Å². The fourth-order valence-corrected chi connectivity index (χ4v) is 7.28. The zero-order chi connectivity index (χ0) is 32.5. The molecule has 0 radical (unpaired) electrons. The van der Waals surface area contributed by atoms with Gasteiger partial charge in [-0.05, 0) is 116 Å². The Hall–Kier alpha value is -5.20. The molecule has 0 aliphatic carbocycles. The maximum absolute atomic E-state index is 2.40. The molecule has 0 bridgehead atoms. The Morgan fingerprint density at radius 2 is 1.11 bits per heavy atom. The van der Waals surface area contributed by atoms with E-state index in [1.165, 1.54) is 88.0 Å². The summed E-state index contributed by atoms with van der Waals surface area (Å²) in [6.45, 7) is 11.2. The highest BCUT2D eigenvalue weighted by Crippen LogP contribution is 2.46. The molecule has 0 nitrogen and oxygen atoms in total. The average Bonchev–Trinajstić information content (AvgIpc) is 3.12. The minimum Gasteiger partial charge on any atom is -0.0870 e. The normalized spacial score (nSPS) is 13.0. The van der Waals surface area contributed by atoms with Crippen molar-refractivity contribution in [2.75, 3.05) is 0 Å². The highest BCUT2D eigenvalue weighted by Gasteiger charge is 2.19. The van der Waals surface area contributed by atoms with Crippen molar-refractivity contribution < 1.29 is 0 Å². The van der Waals surface area contributed by atoms with Gasteiger partial charge in [0.25, 0.3) is 0 Å². The first-order chi connectivity index (χ1) is 23.0. The smallest absolute Gasteiger partial charge is 0.00201 e. The fraction of sp³-hybridized carbons (Fsp3) is 0.149. The van der Waals surface area contributed by atoms with Gasteiger partial charge < -0.3 is 0 Å². The number of allylic oxidation sites excluding steroid dienone is 4. The van der Waals surface area contributed by atoms with Gasteiger partial charge >= 0.3 is 0 Å². The third-order valence-corrected chi connectivity index (χ3v) is 10.1. The van der Waals surface area contributed by atoms with Crippen LogP contribution in [0.15, 0.2) is 151 Å². The van der Waals surface area contributed by atoms with E-state index in [0.29, 0.717) is 5.92 Å². The first kappa shape index (κ1) is 30.5. The van der Waals surface area contributed by atoms with Gasteiger partial charge in [0.05, 0.1) is 0 Å². The lowest BCUT2D eigenvalue weighted by Gasteiger charge is -2.20. The van der Waals surface area contributed by atoms with Gasteiger partial charge in [0.2, 0.25) is 0 Å². The highest BCUT2D eigenvalue weighted by molar-refractivity contribution is 6.24. The van der Waals surface area contributed by atoms with Crippen LogP contribution in [0.1, 0.15) is 45.2 Å². The van der Waals surface area contributed by atoms with Crippen molar-refractivity contribution in [3.05, 3.63) is 162 Å². The standard InChI is InChI=1S/C47H42/c1-6-15-37(33(5)32(4)7-2)35-16-12-17-36(30-35)46-42-18-8-10-20-44(42)47(45-21-11-9-19-43(45)46)41-25-14-23-39-38(22-13-24-40(39)41)34-28-26-31(3)27-29-34/h6,8-30,32H,7H2,1-5H3/b15-6-,37-33+/t32-/m1/s1. The average molecular weight is 607 g/mol. The molecule has 7 aromatic carbocycles. The molecule has 0 N–H and O–H groups in total. The summed E-state index contributed by atoms with van der Waals surface area (Å²) in [6, 6.07) is 49.6. The van der Waals surface area contributed by atoms with E-state index >= 15 is 0 Å². The van der Waals surface area contributed by atoms with E-state index in [0.717, 1.165) is 6.42 Å². The summed E-state index contributed by atoms with van der Waals surface area (Å²) in [5, 5.41) is 7.66. The van der Waals surface area contributed by atoms with Crippen LogP contribution in [-0.2, 0) is 0 Å². The maximum Gasteiger partial charge on any atom is -0.00201 e. The Kier molecular flexibility index (Phi) is 8.35. The van der Waals surface area contributed by atoms with Crippen LogP contribution in [0.2, 0.25) is 0 Å². The van der Waals surface area contributed by atoms with Gasteiger partial charge in [0, 0.05) is 0 Å². The molecule has 47 heavy (non-hydrogen) atoms. The molecule has 0 saturated carbocycles. The molecule has 0 aliphatic rings. The minimum atomic E-state index is 0.526. The van der Waals surface area contributed by atoms with Gasteiger partial charge in [0.1, 0.15) is 0 Å². The number of aryl methyl sites for hydroxylation is 1. The second kappa shape index (κ2) is 12.9. The van der Waals surface area contributed by atoms with Crippen molar-refractivity contribution in [2.24, 2.45) is 5.92 Å². The van der Waals surface area contributed by atoms with E-state index in [1.54, 1.807) is 0 Å². The lowest BCUT2D eigenvalue weighted by atomic mass is 9.83. The Morgan fingerprint density at radius 3 is 1.70 bits per heavy atom. The molecule has 0 spiro atoms. The van der Waals surface area contributed by atoms with Gasteiger partial charge in [-0.15, -0.1) is 0 Å². The van der Waals surface area contributed by atoms with Crippen LogP contribution < -0.4 is 0 Å². The molecular weight excluding hydrogens is 565 g/mol. The molecule has 0 heteroatoms. The SMILES string of the molecule is C/C=C\C(=C(\C)[C@H](C)CC)c1cccc(-c2c3ccccc3c(-c3cccc4c(-c5ccc(C)cc5)cccc34)c3ccccc23)c1. The van der Waals surface area contributed by atoms with E-state index in [9.17, 15) is 0 Å². The van der Waals surface area contributed by atoms with E-state index < -0.39 is 0 Å². The largest absolute Gasteiger partial charge is 0.0870 e. The van der Waals surface area contributed by atoms with E-state index in [2.05, 4.69) is 180 Å². The third kappa shape index (κ3) is 5.49. The van der Waals surface area contributed by atoms with E-state index in [1.807, 2.05) is 0 Å². The Balaban J connectivity index is 1.51. The molecular formula is C47H42. The fourth-order valence-electron chi connectivity index (χ4n) is 7.28. The molecule has 0 aromatic heterocycles. The zero-order valence-electron chi connectivity index (χ0n) is 28.1. The Bertz CT molecular complexity index is 2250. The van der Waals surface area contributed by atoms with Crippen molar-refractivity contribution in [3.63, 3.8) is 0 Å². The highest BCUT2D eigenvalue weighted by atomic mass is 14.2. The summed E-state index contributed by atoms with van der Waals surface area (Å²) in [5.41, 5.74) is 12.9. The predicted molar refractivity (Wildman–Crippen MR) is 207 cm³/mol. The zero-order valence-corrected chi connectivity index (χ0v) is 28.1. The van der Waals surface area contributed by atoms with Crippen molar-refractivity contribution in [2.45, 2.75) is 41.0 Å². The van der Waals surface area contributed by atoms with Gasteiger partial charge in [-0.1, -0.05) is 165 Å². The predicted octanol–water partition coefficient (Wildman–Crippen LogP) is 13.9. The van der Waals surface area contributed by atoms with Gasteiger partial charge in [-0.3, -0.25) is 0 Å². The first-order valence-corrected chi connectivity index (χ1v) is 17.0. The van der Waals surface area contributed by atoms with E-state index in [4.69, 9.17) is 0 Å². The lowest BCUT2D eigenvalue weighted by molar-refractivity contribution is 0.658. The first-order valence-electron chi connectivity index (χ1n) is 17.0. The number of benzene rings is 7. The van der Waals surface area contributed by atoms with Crippen LogP contribution in [0.4, 0.5) is 0 Å². The number of fused-ring (bicyclic) bond motifs is 3. The van der Waals surface area contributed by atoms with Crippen LogP contribution in [-0.4, -0.2) is 0 Å². The van der Waals surface area contributed by atoms with Gasteiger partial charge in [-0.2, -0.15) is 0 Å². The minimum absolute atomic E-state index is 0.526. The molecule has 0 fully saturated rings. The van der Waals surface area contributed by atoms with Crippen LogP contribution in [0.25, 0.3) is 71.3 Å². The molecule has 0 heterocycles. The van der Waals surface area contributed by atoms with Gasteiger partial charge in [-0.25, -0.2) is 0 Å². The van der Waals surface area contributed by atoms with Crippen LogP contribution in [0.5, 0.6) is 0 Å². The molecule has 7 aromatic rings. The molecule has 0 unspecified atom stereocenters. The molecule has 230 valence electrons. The second-order valence-corrected chi connectivity index (χ2v) is 12.9. The Morgan fingerprint density at radius 1 is 0.574 bits per heavy atom. The van der Waals surface area contributed by atoms with Gasteiger partial charge in [0.15, 0.2) is 0 Å². The Labute approximate surface area is 279 Å². The number of hydrogen-bond acceptors (Lipinski definition) is 0. The molecule has 0 saturated heterocycles. The number of hydrogen-bond donors (Lipinski definition) is 0.